The standard InChI is InChI=1S/C22H27N3O3S/c1-16-7-9-19(10-8-16)29(27,28)24-13-11-18(12-14-24)23-22(26)25-15-17(2)20-5-3-4-6-21(20)25/h3-10,17-18H,11-15H2,1-2H3,(H,23,26). The average molecular weight is 414 g/mol. The molecule has 29 heavy (non-hydrogen) atoms. The van der Waals surface area contributed by atoms with Crippen molar-refractivity contribution < 1.29 is 13.2 Å². The number of nitrogens with zero attached hydrogens (tertiary/aromatic N) is 2. The van der Waals surface area contributed by atoms with Crippen molar-refractivity contribution >= 4 is 21.7 Å². The highest BCUT2D eigenvalue weighted by Crippen LogP contribution is 2.35. The Bertz CT molecular complexity index is 996. The average Bonchev–Trinajstić information content (AvgIpc) is 3.06. The van der Waals surface area contributed by atoms with Gasteiger partial charge < -0.3 is 5.32 Å². The van der Waals surface area contributed by atoms with Crippen molar-refractivity contribution in [2.75, 3.05) is 24.5 Å². The Morgan fingerprint density at radius 3 is 2.38 bits per heavy atom. The van der Waals surface area contributed by atoms with Crippen LogP contribution in [0.15, 0.2) is 53.4 Å². The van der Waals surface area contributed by atoms with Gasteiger partial charge >= 0.3 is 6.03 Å². The van der Waals surface area contributed by atoms with E-state index in [1.54, 1.807) is 17.0 Å². The Hall–Kier alpha value is -2.38. The minimum atomic E-state index is -3.48. The third-order valence-electron chi connectivity index (χ3n) is 5.90. The van der Waals surface area contributed by atoms with Crippen LogP contribution in [-0.2, 0) is 10.0 Å². The first-order valence-electron chi connectivity index (χ1n) is 10.1. The summed E-state index contributed by atoms with van der Waals surface area (Å²) in [6.45, 7) is 5.55. The zero-order valence-electron chi connectivity index (χ0n) is 16.8. The van der Waals surface area contributed by atoms with E-state index in [1.807, 2.05) is 37.3 Å². The Labute approximate surface area is 172 Å². The van der Waals surface area contributed by atoms with E-state index in [4.69, 9.17) is 0 Å². The van der Waals surface area contributed by atoms with Crippen LogP contribution in [0.1, 0.15) is 36.8 Å². The third kappa shape index (κ3) is 3.89. The van der Waals surface area contributed by atoms with Gasteiger partial charge in [-0.1, -0.05) is 42.8 Å². The number of amides is 2. The second-order valence-electron chi connectivity index (χ2n) is 8.01. The number of piperidine rings is 1. The Morgan fingerprint density at radius 2 is 1.69 bits per heavy atom. The van der Waals surface area contributed by atoms with E-state index < -0.39 is 10.0 Å². The van der Waals surface area contributed by atoms with Crippen molar-refractivity contribution in [3.05, 3.63) is 59.7 Å². The summed E-state index contributed by atoms with van der Waals surface area (Å²) < 4.78 is 27.2. The molecule has 1 fully saturated rings. The Kier molecular flexibility index (Phi) is 5.36. The number of anilines is 1. The van der Waals surface area contributed by atoms with Crippen LogP contribution in [-0.4, -0.2) is 44.4 Å². The molecular weight excluding hydrogens is 386 g/mol. The number of fused-ring (bicyclic) bond motifs is 1. The monoisotopic (exact) mass is 413 g/mol. The van der Waals surface area contributed by atoms with Gasteiger partial charge in [-0.05, 0) is 43.5 Å². The molecular formula is C22H27N3O3S. The van der Waals surface area contributed by atoms with Crippen molar-refractivity contribution in [2.24, 2.45) is 0 Å². The van der Waals surface area contributed by atoms with Gasteiger partial charge in [-0.25, -0.2) is 13.2 Å². The molecule has 1 atom stereocenters. The zero-order valence-corrected chi connectivity index (χ0v) is 17.7. The Morgan fingerprint density at radius 1 is 1.03 bits per heavy atom. The molecule has 2 amide bonds. The van der Waals surface area contributed by atoms with E-state index in [0.29, 0.717) is 43.3 Å². The molecule has 1 N–H and O–H groups in total. The van der Waals surface area contributed by atoms with Gasteiger partial charge in [-0.2, -0.15) is 4.31 Å². The fourth-order valence-corrected chi connectivity index (χ4v) is 5.63. The molecule has 2 aromatic rings. The summed E-state index contributed by atoms with van der Waals surface area (Å²) in [5, 5.41) is 3.11. The van der Waals surface area contributed by atoms with Crippen LogP contribution in [0.25, 0.3) is 0 Å². The number of rotatable bonds is 3. The molecule has 1 unspecified atom stereocenters. The second kappa shape index (κ2) is 7.80. The molecule has 6 nitrogen and oxygen atoms in total. The van der Waals surface area contributed by atoms with Crippen molar-refractivity contribution in [3.8, 4) is 0 Å². The lowest BCUT2D eigenvalue weighted by atomic mass is 10.0. The first-order chi connectivity index (χ1) is 13.9. The number of sulfonamides is 1. The van der Waals surface area contributed by atoms with E-state index in [9.17, 15) is 13.2 Å². The molecule has 2 aliphatic rings. The first kappa shape index (κ1) is 19.9. The van der Waals surface area contributed by atoms with Gasteiger partial charge in [0.2, 0.25) is 10.0 Å². The van der Waals surface area contributed by atoms with Gasteiger partial charge in [-0.15, -0.1) is 0 Å². The van der Waals surface area contributed by atoms with Crippen molar-refractivity contribution in [1.29, 1.82) is 0 Å². The van der Waals surface area contributed by atoms with E-state index in [2.05, 4.69) is 18.3 Å². The van der Waals surface area contributed by atoms with Gasteiger partial charge in [0.1, 0.15) is 0 Å². The smallest absolute Gasteiger partial charge is 0.322 e. The number of aryl methyl sites for hydroxylation is 1. The Balaban J connectivity index is 1.37. The predicted octanol–water partition coefficient (Wildman–Crippen LogP) is 3.48. The molecule has 0 aromatic heterocycles. The summed E-state index contributed by atoms with van der Waals surface area (Å²) in [5.41, 5.74) is 3.20. The molecule has 4 rings (SSSR count). The fraction of sp³-hybridized carbons (Fsp3) is 0.409. The summed E-state index contributed by atoms with van der Waals surface area (Å²) in [6.07, 6.45) is 1.23. The van der Waals surface area contributed by atoms with Crippen LogP contribution < -0.4 is 10.2 Å². The summed E-state index contributed by atoms with van der Waals surface area (Å²) >= 11 is 0. The lowest BCUT2D eigenvalue weighted by Crippen LogP contribution is -2.50. The molecule has 1 saturated heterocycles. The topological polar surface area (TPSA) is 69.7 Å². The first-order valence-corrected chi connectivity index (χ1v) is 11.5. The maximum atomic E-state index is 12.8. The number of para-hydroxylation sites is 1. The second-order valence-corrected chi connectivity index (χ2v) is 9.95. The minimum Gasteiger partial charge on any atom is -0.335 e. The van der Waals surface area contributed by atoms with Gasteiger partial charge in [0.15, 0.2) is 0 Å². The van der Waals surface area contributed by atoms with Crippen molar-refractivity contribution in [2.45, 2.75) is 43.5 Å². The van der Waals surface area contributed by atoms with E-state index in [-0.39, 0.29) is 12.1 Å². The molecule has 7 heteroatoms. The molecule has 0 radical (unpaired) electrons. The molecule has 2 aliphatic heterocycles. The quantitative estimate of drug-likeness (QED) is 0.838. The molecule has 0 saturated carbocycles. The lowest BCUT2D eigenvalue weighted by Gasteiger charge is -2.32. The number of carbonyl (C=O) groups is 1. The van der Waals surface area contributed by atoms with Crippen molar-refractivity contribution in [3.63, 3.8) is 0 Å². The van der Waals surface area contributed by atoms with Crippen LogP contribution in [0.2, 0.25) is 0 Å². The number of nitrogens with one attached hydrogen (secondary N) is 1. The van der Waals surface area contributed by atoms with Crippen LogP contribution in [0.4, 0.5) is 10.5 Å². The van der Waals surface area contributed by atoms with Gasteiger partial charge in [0, 0.05) is 37.3 Å². The molecule has 0 bridgehead atoms. The highest BCUT2D eigenvalue weighted by atomic mass is 32.2. The van der Waals surface area contributed by atoms with Gasteiger partial charge in [0.05, 0.1) is 4.90 Å². The molecule has 2 heterocycles. The van der Waals surface area contributed by atoms with E-state index in [0.717, 1.165) is 11.3 Å². The highest BCUT2D eigenvalue weighted by Gasteiger charge is 2.33. The van der Waals surface area contributed by atoms with Crippen LogP contribution in [0.5, 0.6) is 0 Å². The van der Waals surface area contributed by atoms with E-state index >= 15 is 0 Å². The predicted molar refractivity (Wildman–Crippen MR) is 114 cm³/mol. The van der Waals surface area contributed by atoms with Gasteiger partial charge in [-0.3, -0.25) is 4.90 Å². The SMILES string of the molecule is Cc1ccc(S(=O)(=O)N2CCC(NC(=O)N3CC(C)c4ccccc43)CC2)cc1. The number of carbonyl (C=O) groups excluding carboxylic acids is 1. The summed E-state index contributed by atoms with van der Waals surface area (Å²) in [7, 11) is -3.48. The van der Waals surface area contributed by atoms with Crippen LogP contribution in [0, 0.1) is 6.92 Å². The number of hydrogen-bond acceptors (Lipinski definition) is 3. The maximum Gasteiger partial charge on any atom is 0.322 e. The molecule has 0 aliphatic carbocycles. The normalized spacial score (nSPS) is 20.5. The van der Waals surface area contributed by atoms with Crippen LogP contribution in [0.3, 0.4) is 0 Å². The van der Waals surface area contributed by atoms with Crippen LogP contribution >= 0.6 is 0 Å². The van der Waals surface area contributed by atoms with Gasteiger partial charge in [0.25, 0.3) is 0 Å². The third-order valence-corrected chi connectivity index (χ3v) is 7.81. The summed E-state index contributed by atoms with van der Waals surface area (Å²) in [4.78, 5) is 15.0. The number of benzene rings is 2. The fourth-order valence-electron chi connectivity index (χ4n) is 4.17. The minimum absolute atomic E-state index is 0.0185. The summed E-state index contributed by atoms with van der Waals surface area (Å²) in [5.74, 6) is 0.318. The molecule has 2 aromatic carbocycles. The summed E-state index contributed by atoms with van der Waals surface area (Å²) in [6, 6.07) is 14.8. The highest BCUT2D eigenvalue weighted by molar-refractivity contribution is 7.89. The zero-order chi connectivity index (χ0) is 20.6. The largest absolute Gasteiger partial charge is 0.335 e. The van der Waals surface area contributed by atoms with Crippen molar-refractivity contribution in [1.82, 2.24) is 9.62 Å². The molecule has 154 valence electrons. The number of hydrogen-bond donors (Lipinski definition) is 1. The maximum absolute atomic E-state index is 12.8. The lowest BCUT2D eigenvalue weighted by molar-refractivity contribution is 0.233. The van der Waals surface area contributed by atoms with E-state index in [1.165, 1.54) is 9.87 Å². The molecule has 0 spiro atoms. The number of urea groups is 1.